The third kappa shape index (κ3) is 3.19. The zero-order valence-electron chi connectivity index (χ0n) is 11.1. The summed E-state index contributed by atoms with van der Waals surface area (Å²) in [4.78, 5) is 0. The van der Waals surface area contributed by atoms with Crippen LogP contribution in [-0.4, -0.2) is 0 Å². The van der Waals surface area contributed by atoms with Crippen molar-refractivity contribution in [2.45, 2.75) is 32.1 Å². The van der Waals surface area contributed by atoms with Gasteiger partial charge in [-0.2, -0.15) is 0 Å². The van der Waals surface area contributed by atoms with Crippen LogP contribution in [0.2, 0.25) is 0 Å². The molecule has 3 aliphatic rings. The van der Waals surface area contributed by atoms with Crippen LogP contribution in [0, 0.1) is 5.92 Å². The van der Waals surface area contributed by atoms with Gasteiger partial charge < -0.3 is 0 Å². The fourth-order valence-electron chi connectivity index (χ4n) is 2.94. The molecule has 0 aromatic carbocycles. The highest BCUT2D eigenvalue weighted by Gasteiger charge is 2.19. The zero-order chi connectivity index (χ0) is 13.1. The van der Waals surface area contributed by atoms with Crippen LogP contribution in [-0.2, 0) is 0 Å². The molecule has 1 atom stereocenters. The lowest BCUT2D eigenvalue weighted by atomic mass is 9.83. The third-order valence-electron chi connectivity index (χ3n) is 3.96. The second kappa shape index (κ2) is 6.08. The Morgan fingerprint density at radius 1 is 1.05 bits per heavy atom. The van der Waals surface area contributed by atoms with E-state index in [4.69, 9.17) is 0 Å². The van der Waals surface area contributed by atoms with Crippen molar-refractivity contribution in [1.29, 1.82) is 0 Å². The molecule has 0 amide bonds. The van der Waals surface area contributed by atoms with E-state index in [2.05, 4.69) is 71.2 Å². The third-order valence-corrected chi connectivity index (χ3v) is 4.71. The number of allylic oxidation sites excluding steroid dienone is 12. The molecule has 0 radical (unpaired) electrons. The molecule has 98 valence electrons. The normalized spacial score (nSPS) is 26.5. The molecule has 0 saturated carbocycles. The molecule has 0 aromatic heterocycles. The minimum atomic E-state index is 0.605. The Balaban J connectivity index is 1.88. The lowest BCUT2D eigenvalue weighted by Crippen LogP contribution is -2.08. The van der Waals surface area contributed by atoms with E-state index in [0.29, 0.717) is 5.92 Å². The quantitative estimate of drug-likeness (QED) is 0.544. The van der Waals surface area contributed by atoms with E-state index in [1.165, 1.54) is 46.8 Å². The SMILES string of the molecule is IC1=CC(C2=CCCC=C2)=CC(C2=CC=CCC2)C1. The summed E-state index contributed by atoms with van der Waals surface area (Å²) in [5, 5.41) is 0. The van der Waals surface area contributed by atoms with E-state index in [1.807, 2.05) is 0 Å². The van der Waals surface area contributed by atoms with Gasteiger partial charge in [0.1, 0.15) is 0 Å². The highest BCUT2D eigenvalue weighted by atomic mass is 127. The van der Waals surface area contributed by atoms with Gasteiger partial charge >= 0.3 is 0 Å². The number of halogens is 1. The highest BCUT2D eigenvalue weighted by molar-refractivity contribution is 14.1. The van der Waals surface area contributed by atoms with E-state index in [9.17, 15) is 0 Å². The molecule has 19 heavy (non-hydrogen) atoms. The van der Waals surface area contributed by atoms with Gasteiger partial charge in [-0.3, -0.25) is 0 Å². The predicted molar refractivity (Wildman–Crippen MR) is 91.2 cm³/mol. The van der Waals surface area contributed by atoms with Crippen molar-refractivity contribution < 1.29 is 0 Å². The lowest BCUT2D eigenvalue weighted by Gasteiger charge is -2.24. The van der Waals surface area contributed by atoms with Gasteiger partial charge in [-0.15, -0.1) is 0 Å². The molecule has 0 heterocycles. The first-order valence-electron chi connectivity index (χ1n) is 7.13. The topological polar surface area (TPSA) is 0 Å². The molecular weight excluding hydrogens is 343 g/mol. The Hall–Kier alpha value is -0.830. The van der Waals surface area contributed by atoms with Crippen molar-refractivity contribution in [3.63, 3.8) is 0 Å². The van der Waals surface area contributed by atoms with Gasteiger partial charge in [0, 0.05) is 5.92 Å². The van der Waals surface area contributed by atoms with Crippen LogP contribution in [0.5, 0.6) is 0 Å². The molecule has 3 rings (SSSR count). The summed E-state index contributed by atoms with van der Waals surface area (Å²) in [7, 11) is 0. The molecular formula is C18H19I. The van der Waals surface area contributed by atoms with Gasteiger partial charge in [0.05, 0.1) is 0 Å². The molecule has 0 fully saturated rings. The zero-order valence-corrected chi connectivity index (χ0v) is 13.3. The Kier molecular flexibility index (Phi) is 4.21. The average Bonchev–Trinajstić information content (AvgIpc) is 2.48. The van der Waals surface area contributed by atoms with Crippen LogP contribution in [0.3, 0.4) is 0 Å². The Morgan fingerprint density at radius 2 is 2.00 bits per heavy atom. The lowest BCUT2D eigenvalue weighted by molar-refractivity contribution is 0.705. The van der Waals surface area contributed by atoms with E-state index >= 15 is 0 Å². The first-order chi connectivity index (χ1) is 9.33. The molecule has 0 bridgehead atoms. The summed E-state index contributed by atoms with van der Waals surface area (Å²) in [5.41, 5.74) is 4.44. The van der Waals surface area contributed by atoms with Crippen LogP contribution in [0.1, 0.15) is 32.1 Å². The van der Waals surface area contributed by atoms with E-state index in [1.54, 1.807) is 5.57 Å². The van der Waals surface area contributed by atoms with Gasteiger partial charge in [-0.1, -0.05) is 48.1 Å². The Bertz CT molecular complexity index is 538. The minimum Gasteiger partial charge on any atom is -0.0842 e. The molecule has 0 N–H and O–H groups in total. The maximum atomic E-state index is 2.50. The molecule has 0 saturated heterocycles. The van der Waals surface area contributed by atoms with Gasteiger partial charge in [0.15, 0.2) is 0 Å². The summed E-state index contributed by atoms with van der Waals surface area (Å²) in [6, 6.07) is 0. The van der Waals surface area contributed by atoms with E-state index in [-0.39, 0.29) is 0 Å². The predicted octanol–water partition coefficient (Wildman–Crippen LogP) is 5.80. The van der Waals surface area contributed by atoms with Crippen molar-refractivity contribution in [1.82, 2.24) is 0 Å². The standard InChI is InChI=1S/C18H19I/c19-18-12-16(14-7-3-1-4-8-14)11-17(13-18)15-9-5-2-6-10-15/h1,3,5,7,9-11,13,16H,2,4,6,8,12H2. The number of rotatable bonds is 2. The fraction of sp³-hybridized carbons (Fsp3) is 0.333. The molecule has 1 heteroatoms. The highest BCUT2D eigenvalue weighted by Crippen LogP contribution is 2.37. The first kappa shape index (κ1) is 13.2. The summed E-state index contributed by atoms with van der Waals surface area (Å²) in [6.45, 7) is 0. The van der Waals surface area contributed by atoms with E-state index in [0.717, 1.165) is 0 Å². The van der Waals surface area contributed by atoms with Gasteiger partial charge in [-0.05, 0) is 75.5 Å². The number of hydrogen-bond acceptors (Lipinski definition) is 0. The molecule has 3 aliphatic carbocycles. The van der Waals surface area contributed by atoms with Crippen molar-refractivity contribution in [2.24, 2.45) is 5.92 Å². The van der Waals surface area contributed by atoms with Crippen LogP contribution < -0.4 is 0 Å². The summed E-state index contributed by atoms with van der Waals surface area (Å²) in [6.07, 6.45) is 24.6. The average molecular weight is 362 g/mol. The fourth-order valence-corrected chi connectivity index (χ4v) is 3.75. The summed E-state index contributed by atoms with van der Waals surface area (Å²) in [5.74, 6) is 0.605. The molecule has 1 unspecified atom stereocenters. The van der Waals surface area contributed by atoms with Crippen LogP contribution in [0.25, 0.3) is 0 Å². The molecule has 0 nitrogen and oxygen atoms in total. The largest absolute Gasteiger partial charge is 0.0842 e. The smallest absolute Gasteiger partial charge is 0.00340 e. The maximum Gasteiger partial charge on any atom is 0.00340 e. The van der Waals surface area contributed by atoms with Gasteiger partial charge in [-0.25, -0.2) is 0 Å². The van der Waals surface area contributed by atoms with Gasteiger partial charge in [0.25, 0.3) is 0 Å². The summed E-state index contributed by atoms with van der Waals surface area (Å²) < 4.78 is 1.48. The minimum absolute atomic E-state index is 0.605. The Labute approximate surface area is 129 Å². The Morgan fingerprint density at radius 3 is 2.74 bits per heavy atom. The van der Waals surface area contributed by atoms with Crippen molar-refractivity contribution in [3.8, 4) is 0 Å². The number of hydrogen-bond donors (Lipinski definition) is 0. The second-order valence-electron chi connectivity index (χ2n) is 5.37. The van der Waals surface area contributed by atoms with Crippen molar-refractivity contribution in [3.05, 3.63) is 68.9 Å². The van der Waals surface area contributed by atoms with Gasteiger partial charge in [0.2, 0.25) is 0 Å². The van der Waals surface area contributed by atoms with Crippen LogP contribution in [0.4, 0.5) is 0 Å². The summed E-state index contributed by atoms with van der Waals surface area (Å²) >= 11 is 2.50. The molecule has 0 spiro atoms. The van der Waals surface area contributed by atoms with Crippen LogP contribution >= 0.6 is 22.6 Å². The van der Waals surface area contributed by atoms with Crippen molar-refractivity contribution in [2.75, 3.05) is 0 Å². The van der Waals surface area contributed by atoms with Crippen LogP contribution in [0.15, 0.2) is 68.9 Å². The maximum absolute atomic E-state index is 2.50. The molecule has 0 aliphatic heterocycles. The first-order valence-corrected chi connectivity index (χ1v) is 8.21. The monoisotopic (exact) mass is 362 g/mol. The van der Waals surface area contributed by atoms with Crippen molar-refractivity contribution >= 4 is 22.6 Å². The second-order valence-corrected chi connectivity index (χ2v) is 6.76. The van der Waals surface area contributed by atoms with E-state index < -0.39 is 0 Å². The molecule has 0 aromatic rings.